The van der Waals surface area contributed by atoms with Crippen LogP contribution in [0.2, 0.25) is 0 Å². The van der Waals surface area contributed by atoms with Crippen molar-refractivity contribution in [1.29, 1.82) is 0 Å². The molecule has 2 aromatic carbocycles. The number of phenolic OH excluding ortho intramolecular Hbond substituents is 1. The molecule has 1 fully saturated rings. The van der Waals surface area contributed by atoms with Gasteiger partial charge < -0.3 is 5.11 Å². The van der Waals surface area contributed by atoms with E-state index in [0.29, 0.717) is 5.56 Å². The van der Waals surface area contributed by atoms with Gasteiger partial charge in [-0.05, 0) is 29.3 Å². The first-order chi connectivity index (χ1) is 9.58. The van der Waals surface area contributed by atoms with Crippen LogP contribution < -0.4 is 0 Å². The van der Waals surface area contributed by atoms with Gasteiger partial charge in [0.2, 0.25) is 11.8 Å². The summed E-state index contributed by atoms with van der Waals surface area (Å²) in [6.07, 6.45) is 0.534. The smallest absolute Gasteiger partial charge is 0.230 e. The summed E-state index contributed by atoms with van der Waals surface area (Å²) in [7, 11) is 0. The van der Waals surface area contributed by atoms with Crippen molar-refractivity contribution in [2.24, 2.45) is 0 Å². The van der Waals surface area contributed by atoms with Gasteiger partial charge in [-0.3, -0.25) is 14.5 Å². The number of hydrogen-bond acceptors (Lipinski definition) is 3. The second-order valence-corrected chi connectivity index (χ2v) is 5.12. The van der Waals surface area contributed by atoms with Gasteiger partial charge in [-0.15, -0.1) is 0 Å². The fourth-order valence-corrected chi connectivity index (χ4v) is 2.68. The highest BCUT2D eigenvalue weighted by molar-refractivity contribution is 6.02. The number of likely N-dealkylation sites (tertiary alicyclic amines) is 1. The summed E-state index contributed by atoms with van der Waals surface area (Å²) in [6.45, 7) is 1.96. The van der Waals surface area contributed by atoms with Gasteiger partial charge in [0.05, 0.1) is 6.54 Å². The normalized spacial score (nSPS) is 15.3. The predicted molar refractivity (Wildman–Crippen MR) is 75.1 cm³/mol. The number of hydrogen-bond donors (Lipinski definition) is 1. The number of carbonyl (C=O) groups excluding carboxylic acids is 2. The molecule has 1 aliphatic heterocycles. The van der Waals surface area contributed by atoms with E-state index in [2.05, 4.69) is 0 Å². The zero-order valence-electron chi connectivity index (χ0n) is 11.2. The molecule has 0 bridgehead atoms. The van der Waals surface area contributed by atoms with Crippen molar-refractivity contribution >= 4 is 22.6 Å². The lowest BCUT2D eigenvalue weighted by atomic mass is 9.99. The number of benzene rings is 2. The Morgan fingerprint density at radius 3 is 2.50 bits per heavy atom. The Hall–Kier alpha value is -2.36. The van der Waals surface area contributed by atoms with E-state index in [1.165, 1.54) is 4.90 Å². The standard InChI is InChI=1S/C16H15NO3/c1-10-8-11-4-2-3-5-12(11)13(16(10)20)9-17-14(18)6-7-15(17)19/h2-5,8,20H,6-7,9H2,1H3. The van der Waals surface area contributed by atoms with Crippen LogP contribution in [0.3, 0.4) is 0 Å². The van der Waals surface area contributed by atoms with E-state index in [9.17, 15) is 14.7 Å². The Bertz CT molecular complexity index is 705. The molecule has 3 rings (SSSR count). The Morgan fingerprint density at radius 2 is 1.80 bits per heavy atom. The fraction of sp³-hybridized carbons (Fsp3) is 0.250. The SMILES string of the molecule is Cc1cc2ccccc2c(CN2C(=O)CCC2=O)c1O. The van der Waals surface area contributed by atoms with Gasteiger partial charge >= 0.3 is 0 Å². The maximum Gasteiger partial charge on any atom is 0.230 e. The van der Waals surface area contributed by atoms with Crippen molar-refractivity contribution in [1.82, 2.24) is 4.90 Å². The number of imide groups is 1. The van der Waals surface area contributed by atoms with Gasteiger partial charge in [0, 0.05) is 18.4 Å². The first-order valence-corrected chi connectivity index (χ1v) is 6.61. The van der Waals surface area contributed by atoms with Crippen LogP contribution in [-0.4, -0.2) is 21.8 Å². The number of aromatic hydroxyl groups is 1. The van der Waals surface area contributed by atoms with Crippen LogP contribution in [0, 0.1) is 6.92 Å². The van der Waals surface area contributed by atoms with E-state index >= 15 is 0 Å². The number of amides is 2. The molecule has 0 saturated carbocycles. The van der Waals surface area contributed by atoms with Crippen LogP contribution in [0.25, 0.3) is 10.8 Å². The number of rotatable bonds is 2. The minimum absolute atomic E-state index is 0.145. The predicted octanol–water partition coefficient (Wildman–Crippen LogP) is 2.50. The third-order valence-electron chi connectivity index (χ3n) is 3.79. The van der Waals surface area contributed by atoms with Gasteiger partial charge in [0.25, 0.3) is 0 Å². The van der Waals surface area contributed by atoms with E-state index in [1.807, 2.05) is 37.3 Å². The average molecular weight is 269 g/mol. The highest BCUT2D eigenvalue weighted by atomic mass is 16.3. The molecule has 0 spiro atoms. The third kappa shape index (κ3) is 1.93. The molecule has 20 heavy (non-hydrogen) atoms. The van der Waals surface area contributed by atoms with Crippen LogP contribution in [-0.2, 0) is 16.1 Å². The number of nitrogens with zero attached hydrogens (tertiary/aromatic N) is 1. The molecule has 0 unspecified atom stereocenters. The quantitative estimate of drug-likeness (QED) is 0.852. The molecule has 0 aromatic heterocycles. The molecule has 0 atom stereocenters. The van der Waals surface area contributed by atoms with E-state index in [1.54, 1.807) is 0 Å². The molecule has 2 amide bonds. The summed E-state index contributed by atoms with van der Waals surface area (Å²) in [4.78, 5) is 24.7. The van der Waals surface area contributed by atoms with Crippen molar-refractivity contribution in [3.63, 3.8) is 0 Å². The molecule has 1 N–H and O–H groups in total. The minimum Gasteiger partial charge on any atom is -0.507 e. The van der Waals surface area contributed by atoms with Crippen molar-refractivity contribution in [3.8, 4) is 5.75 Å². The highest BCUT2D eigenvalue weighted by Gasteiger charge is 2.30. The van der Waals surface area contributed by atoms with Crippen molar-refractivity contribution in [2.75, 3.05) is 0 Å². The van der Waals surface area contributed by atoms with Gasteiger partial charge in [-0.2, -0.15) is 0 Å². The monoisotopic (exact) mass is 269 g/mol. The van der Waals surface area contributed by atoms with Crippen LogP contribution >= 0.6 is 0 Å². The summed E-state index contributed by atoms with van der Waals surface area (Å²) in [5.74, 6) is -0.170. The van der Waals surface area contributed by atoms with Crippen molar-refractivity contribution < 1.29 is 14.7 Å². The second kappa shape index (κ2) is 4.63. The lowest BCUT2D eigenvalue weighted by Gasteiger charge is -2.17. The maximum atomic E-state index is 11.7. The first kappa shape index (κ1) is 12.7. The Balaban J connectivity index is 2.13. The van der Waals surface area contributed by atoms with Gasteiger partial charge in [0.15, 0.2) is 0 Å². The van der Waals surface area contributed by atoms with Gasteiger partial charge in [-0.25, -0.2) is 0 Å². The van der Waals surface area contributed by atoms with Gasteiger partial charge in [-0.1, -0.05) is 24.3 Å². The fourth-order valence-electron chi connectivity index (χ4n) is 2.68. The first-order valence-electron chi connectivity index (χ1n) is 6.61. The summed E-state index contributed by atoms with van der Waals surface area (Å²) in [5.41, 5.74) is 1.39. The summed E-state index contributed by atoms with van der Waals surface area (Å²) < 4.78 is 0. The van der Waals surface area contributed by atoms with Crippen LogP contribution in [0.15, 0.2) is 30.3 Å². The molecule has 4 heteroatoms. The van der Waals surface area contributed by atoms with Crippen molar-refractivity contribution in [2.45, 2.75) is 26.3 Å². The molecule has 1 heterocycles. The summed E-state index contributed by atoms with van der Waals surface area (Å²) >= 11 is 0. The Labute approximate surface area is 116 Å². The topological polar surface area (TPSA) is 57.6 Å². The molecule has 1 saturated heterocycles. The van der Waals surface area contributed by atoms with E-state index in [-0.39, 0.29) is 37.0 Å². The summed E-state index contributed by atoms with van der Waals surface area (Å²) in [6, 6.07) is 9.57. The molecular formula is C16H15NO3. The largest absolute Gasteiger partial charge is 0.507 e. The van der Waals surface area contributed by atoms with E-state index < -0.39 is 0 Å². The highest BCUT2D eigenvalue weighted by Crippen LogP contribution is 2.32. The van der Waals surface area contributed by atoms with Crippen LogP contribution in [0.4, 0.5) is 0 Å². The third-order valence-corrected chi connectivity index (χ3v) is 3.79. The number of phenols is 1. The average Bonchev–Trinajstić information content (AvgIpc) is 2.75. The zero-order valence-corrected chi connectivity index (χ0v) is 11.2. The molecule has 0 radical (unpaired) electrons. The number of fused-ring (bicyclic) bond motifs is 1. The van der Waals surface area contributed by atoms with E-state index in [4.69, 9.17) is 0 Å². The molecular weight excluding hydrogens is 254 g/mol. The molecule has 1 aliphatic rings. The lowest BCUT2D eigenvalue weighted by molar-refractivity contribution is -0.139. The molecule has 2 aromatic rings. The molecule has 102 valence electrons. The lowest BCUT2D eigenvalue weighted by Crippen LogP contribution is -2.28. The van der Waals surface area contributed by atoms with Crippen LogP contribution in [0.5, 0.6) is 5.75 Å². The second-order valence-electron chi connectivity index (χ2n) is 5.12. The van der Waals surface area contributed by atoms with E-state index in [0.717, 1.165) is 16.3 Å². The van der Waals surface area contributed by atoms with Crippen LogP contribution in [0.1, 0.15) is 24.0 Å². The Kier molecular flexibility index (Phi) is 2.93. The zero-order chi connectivity index (χ0) is 14.3. The maximum absolute atomic E-state index is 11.7. The number of aryl methyl sites for hydroxylation is 1. The molecule has 0 aliphatic carbocycles. The number of carbonyl (C=O) groups is 2. The Morgan fingerprint density at radius 1 is 1.15 bits per heavy atom. The van der Waals surface area contributed by atoms with Gasteiger partial charge in [0.1, 0.15) is 5.75 Å². The summed E-state index contributed by atoms with van der Waals surface area (Å²) in [5, 5.41) is 12.2. The van der Waals surface area contributed by atoms with Crippen molar-refractivity contribution in [3.05, 3.63) is 41.5 Å². The molecule has 4 nitrogen and oxygen atoms in total. The minimum atomic E-state index is -0.167.